The molecule has 0 aromatic rings. The molecule has 2 nitrogen and oxygen atoms in total. The van der Waals surface area contributed by atoms with Gasteiger partial charge in [0.2, 0.25) is 0 Å². The summed E-state index contributed by atoms with van der Waals surface area (Å²) < 4.78 is 70.4. The second kappa shape index (κ2) is 10.4. The zero-order valence-electron chi connectivity index (χ0n) is 22.1. The lowest BCUT2D eigenvalue weighted by Gasteiger charge is -2.62. The number of aliphatic hydroxyl groups is 1. The molecule has 4 rings (SSSR count). The summed E-state index contributed by atoms with van der Waals surface area (Å²) in [4.78, 5) is 12.3. The maximum Gasteiger partial charge on any atom is 0.456 e. The summed E-state index contributed by atoms with van der Waals surface area (Å²) in [6.07, 6.45) is 5.36. The van der Waals surface area contributed by atoms with E-state index < -0.39 is 35.5 Å². The molecular formula is C29H42ClF5O2. The molecule has 0 saturated heterocycles. The summed E-state index contributed by atoms with van der Waals surface area (Å²) in [5.74, 6) is -4.52. The number of ketones is 1. The van der Waals surface area contributed by atoms with Crippen LogP contribution in [-0.4, -0.2) is 34.5 Å². The number of rotatable bonds is 9. The van der Waals surface area contributed by atoms with Crippen LogP contribution in [-0.2, 0) is 4.79 Å². The maximum absolute atomic E-state index is 14.9. The summed E-state index contributed by atoms with van der Waals surface area (Å²) in [6.45, 7) is 3.66. The highest BCUT2D eigenvalue weighted by Gasteiger charge is 2.79. The Bertz CT molecular complexity index is 888. The molecule has 4 aliphatic carbocycles. The monoisotopic (exact) mass is 552 g/mol. The number of allylic oxidation sites excluding steroid dienone is 1. The van der Waals surface area contributed by atoms with Crippen LogP contribution in [0.5, 0.6) is 0 Å². The van der Waals surface area contributed by atoms with Crippen molar-refractivity contribution in [2.75, 3.05) is 5.88 Å². The number of hydrogen-bond donors (Lipinski definition) is 1. The van der Waals surface area contributed by atoms with Gasteiger partial charge in [-0.2, -0.15) is 22.0 Å². The molecule has 7 atom stereocenters. The maximum atomic E-state index is 14.9. The Labute approximate surface area is 222 Å². The van der Waals surface area contributed by atoms with Crippen LogP contribution in [0.1, 0.15) is 104 Å². The van der Waals surface area contributed by atoms with Crippen molar-refractivity contribution in [1.29, 1.82) is 0 Å². The average Bonchev–Trinajstić information content (AvgIpc) is 3.10. The van der Waals surface area contributed by atoms with Crippen LogP contribution in [0.2, 0.25) is 0 Å². The molecule has 0 amide bonds. The van der Waals surface area contributed by atoms with E-state index in [2.05, 4.69) is 6.92 Å². The summed E-state index contributed by atoms with van der Waals surface area (Å²) >= 11 is 5.76. The molecule has 0 spiro atoms. The third-order valence-electron chi connectivity index (χ3n) is 11.1. The molecule has 8 heteroatoms. The Morgan fingerprint density at radius 2 is 1.57 bits per heavy atom. The molecule has 0 aromatic carbocycles. The van der Waals surface area contributed by atoms with Crippen molar-refractivity contribution in [3.05, 3.63) is 11.6 Å². The second-order valence-electron chi connectivity index (χ2n) is 12.8. The van der Waals surface area contributed by atoms with E-state index in [4.69, 9.17) is 11.6 Å². The van der Waals surface area contributed by atoms with E-state index in [9.17, 15) is 31.9 Å². The topological polar surface area (TPSA) is 37.3 Å². The number of carbonyl (C=O) groups excluding carboxylic acids is 1. The predicted molar refractivity (Wildman–Crippen MR) is 135 cm³/mol. The summed E-state index contributed by atoms with van der Waals surface area (Å²) in [7, 11) is 0. The van der Waals surface area contributed by atoms with Crippen LogP contribution < -0.4 is 0 Å². The standard InChI is InChI=1S/C29H42ClF5O2/c1-25-13-10-21(36)18-20(25)17-19(9-7-5-3-4-6-8-16-30)24-22(25)11-14-26(2)23(24)12-15-27(26,37)28(31,32)29(33,34)35/h18-19,22-24,37H,3-17H2,1-2H3/t19-,22+,23+,24-,25+,26+,27+/m1/s1. The molecular weight excluding hydrogens is 511 g/mol. The molecule has 37 heavy (non-hydrogen) atoms. The van der Waals surface area contributed by atoms with E-state index in [1.54, 1.807) is 6.08 Å². The van der Waals surface area contributed by atoms with E-state index in [0.29, 0.717) is 31.6 Å². The largest absolute Gasteiger partial charge is 0.456 e. The molecule has 1 N–H and O–H groups in total. The molecule has 0 aliphatic heterocycles. The molecule has 3 fully saturated rings. The summed E-state index contributed by atoms with van der Waals surface area (Å²) in [6, 6.07) is 0. The van der Waals surface area contributed by atoms with Crippen molar-refractivity contribution in [2.24, 2.45) is 34.5 Å². The number of fused-ring (bicyclic) bond motifs is 5. The van der Waals surface area contributed by atoms with Gasteiger partial charge in [0.25, 0.3) is 0 Å². The second-order valence-corrected chi connectivity index (χ2v) is 13.2. The zero-order chi connectivity index (χ0) is 27.3. The van der Waals surface area contributed by atoms with Gasteiger partial charge in [0.1, 0.15) is 5.60 Å². The SMILES string of the molecule is C[C@]12CCC(=O)C=C1C[C@@H](CCCCCCCCCl)[C@@H]1[C@@H]2CC[C@@]2(C)[C@H]1CC[C@@]2(O)C(F)(F)C(F)(F)F. The molecule has 0 unspecified atom stereocenters. The molecule has 212 valence electrons. The number of alkyl halides is 6. The van der Waals surface area contributed by atoms with E-state index in [0.717, 1.165) is 50.5 Å². The highest BCUT2D eigenvalue weighted by Crippen LogP contribution is 2.72. The lowest BCUT2D eigenvalue weighted by molar-refractivity contribution is -0.364. The highest BCUT2D eigenvalue weighted by molar-refractivity contribution is 6.17. The van der Waals surface area contributed by atoms with Gasteiger partial charge in [-0.15, -0.1) is 11.6 Å². The average molecular weight is 553 g/mol. The van der Waals surface area contributed by atoms with Crippen LogP contribution >= 0.6 is 11.6 Å². The fraction of sp³-hybridized carbons (Fsp3) is 0.897. The van der Waals surface area contributed by atoms with Gasteiger partial charge in [-0.3, -0.25) is 4.79 Å². The van der Waals surface area contributed by atoms with Gasteiger partial charge < -0.3 is 5.11 Å². The molecule has 0 aromatic heterocycles. The van der Waals surface area contributed by atoms with Gasteiger partial charge in [-0.25, -0.2) is 0 Å². The Kier molecular flexibility index (Phi) is 8.21. The third-order valence-corrected chi connectivity index (χ3v) is 11.4. The fourth-order valence-corrected chi connectivity index (χ4v) is 9.16. The summed E-state index contributed by atoms with van der Waals surface area (Å²) in [5.41, 5.74) is -3.68. The van der Waals surface area contributed by atoms with Gasteiger partial charge in [0.15, 0.2) is 5.78 Å². The zero-order valence-corrected chi connectivity index (χ0v) is 22.9. The molecule has 0 bridgehead atoms. The minimum atomic E-state index is -5.79. The number of unbranched alkanes of at least 4 members (excludes halogenated alkanes) is 5. The normalized spacial score (nSPS) is 40.1. The Morgan fingerprint density at radius 1 is 0.946 bits per heavy atom. The van der Waals surface area contributed by atoms with Crippen LogP contribution in [0.15, 0.2) is 11.6 Å². The first kappa shape index (κ1) is 29.3. The molecule has 3 saturated carbocycles. The van der Waals surface area contributed by atoms with E-state index in [-0.39, 0.29) is 41.8 Å². The Morgan fingerprint density at radius 3 is 2.22 bits per heavy atom. The molecule has 0 radical (unpaired) electrons. The minimum Gasteiger partial charge on any atom is -0.383 e. The Hall–Kier alpha value is -0.690. The lowest BCUT2D eigenvalue weighted by atomic mass is 9.43. The van der Waals surface area contributed by atoms with Gasteiger partial charge >= 0.3 is 12.1 Å². The first-order valence-corrected chi connectivity index (χ1v) is 14.7. The van der Waals surface area contributed by atoms with Crippen molar-refractivity contribution in [2.45, 2.75) is 121 Å². The first-order valence-electron chi connectivity index (χ1n) is 14.2. The number of carbonyl (C=O) groups is 1. The smallest absolute Gasteiger partial charge is 0.383 e. The third kappa shape index (κ3) is 4.70. The predicted octanol–water partition coefficient (Wildman–Crippen LogP) is 8.64. The van der Waals surface area contributed by atoms with Crippen molar-refractivity contribution < 1.29 is 31.9 Å². The number of hydrogen-bond acceptors (Lipinski definition) is 2. The first-order chi connectivity index (χ1) is 17.2. The van der Waals surface area contributed by atoms with Gasteiger partial charge in [-0.1, -0.05) is 51.5 Å². The van der Waals surface area contributed by atoms with Crippen molar-refractivity contribution in [3.63, 3.8) is 0 Å². The molecule has 4 aliphatic rings. The fourth-order valence-electron chi connectivity index (χ4n) is 8.97. The highest BCUT2D eigenvalue weighted by atomic mass is 35.5. The summed E-state index contributed by atoms with van der Waals surface area (Å²) in [5, 5.41) is 11.2. The lowest BCUT2D eigenvalue weighted by Crippen LogP contribution is -2.66. The van der Waals surface area contributed by atoms with Gasteiger partial charge in [0.05, 0.1) is 0 Å². The van der Waals surface area contributed by atoms with Crippen molar-refractivity contribution in [1.82, 2.24) is 0 Å². The quantitative estimate of drug-likeness (QED) is 0.176. The van der Waals surface area contributed by atoms with Crippen LogP contribution in [0.3, 0.4) is 0 Å². The minimum absolute atomic E-state index is 0.0246. The van der Waals surface area contributed by atoms with Crippen LogP contribution in [0, 0.1) is 34.5 Å². The van der Waals surface area contributed by atoms with Crippen molar-refractivity contribution in [3.8, 4) is 0 Å². The van der Waals surface area contributed by atoms with Gasteiger partial charge in [-0.05, 0) is 86.5 Å². The van der Waals surface area contributed by atoms with Crippen molar-refractivity contribution >= 4 is 17.4 Å². The number of halogens is 6. The van der Waals surface area contributed by atoms with Crippen LogP contribution in [0.25, 0.3) is 0 Å². The molecule has 0 heterocycles. The van der Waals surface area contributed by atoms with E-state index in [1.807, 2.05) is 0 Å². The van der Waals surface area contributed by atoms with E-state index in [1.165, 1.54) is 6.92 Å². The van der Waals surface area contributed by atoms with Gasteiger partial charge in [0, 0.05) is 17.7 Å². The Balaban J connectivity index is 1.62. The van der Waals surface area contributed by atoms with E-state index >= 15 is 0 Å². The van der Waals surface area contributed by atoms with Crippen LogP contribution in [0.4, 0.5) is 22.0 Å².